The number of hydrogen-bond donors (Lipinski definition) is 2. The van der Waals surface area contributed by atoms with Crippen LogP contribution >= 0.6 is 24.0 Å². The Morgan fingerprint density at radius 2 is 2.07 bits per heavy atom. The van der Waals surface area contributed by atoms with Gasteiger partial charge in [0.2, 0.25) is 5.91 Å². The molecule has 2 aliphatic rings. The van der Waals surface area contributed by atoms with Crippen molar-refractivity contribution in [1.29, 1.82) is 0 Å². The molecule has 0 radical (unpaired) electrons. The highest BCUT2D eigenvalue weighted by Crippen LogP contribution is 2.44. The van der Waals surface area contributed by atoms with E-state index in [1.807, 2.05) is 0 Å². The van der Waals surface area contributed by atoms with Crippen LogP contribution in [0.3, 0.4) is 0 Å². The van der Waals surface area contributed by atoms with Crippen LogP contribution < -0.4 is 15.4 Å². The highest BCUT2D eigenvalue weighted by Gasteiger charge is 2.39. The van der Waals surface area contributed by atoms with E-state index in [9.17, 15) is 9.18 Å². The number of nitrogens with one attached hydrogen (secondary N) is 2. The molecule has 2 fully saturated rings. The van der Waals surface area contributed by atoms with Gasteiger partial charge in [-0.05, 0) is 48.8 Å². The van der Waals surface area contributed by atoms with Crippen molar-refractivity contribution < 1.29 is 13.9 Å². The zero-order valence-corrected chi connectivity index (χ0v) is 19.0. The summed E-state index contributed by atoms with van der Waals surface area (Å²) in [5.74, 6) is 2.19. The number of fused-ring (bicyclic) bond motifs is 2. The molecule has 156 valence electrons. The van der Waals surface area contributed by atoms with Gasteiger partial charge in [-0.15, -0.1) is 24.0 Å². The number of likely N-dealkylation sites (N-methyl/N-ethyl adjacent to an activating group) is 1. The molecule has 0 saturated heterocycles. The van der Waals surface area contributed by atoms with E-state index < -0.39 is 0 Å². The monoisotopic (exact) mass is 504 g/mol. The Hall–Kier alpha value is -1.58. The van der Waals surface area contributed by atoms with Gasteiger partial charge in [-0.2, -0.15) is 0 Å². The molecule has 2 bridgehead atoms. The van der Waals surface area contributed by atoms with Crippen LogP contribution in [0.2, 0.25) is 0 Å². The molecule has 0 aliphatic heterocycles. The molecule has 8 heteroatoms. The molecular weight excluding hydrogens is 474 g/mol. The summed E-state index contributed by atoms with van der Waals surface area (Å²) in [6, 6.07) is 4.96. The third-order valence-corrected chi connectivity index (χ3v) is 5.55. The van der Waals surface area contributed by atoms with E-state index in [0.717, 1.165) is 17.9 Å². The lowest BCUT2D eigenvalue weighted by atomic mass is 9.95. The van der Waals surface area contributed by atoms with E-state index >= 15 is 0 Å². The predicted octanol–water partition coefficient (Wildman–Crippen LogP) is 2.76. The van der Waals surface area contributed by atoms with E-state index in [1.54, 1.807) is 25.1 Å². The second-order valence-electron chi connectivity index (χ2n) is 7.73. The van der Waals surface area contributed by atoms with E-state index in [0.29, 0.717) is 30.2 Å². The summed E-state index contributed by atoms with van der Waals surface area (Å²) in [7, 11) is 4.96. The van der Waals surface area contributed by atoms with E-state index in [1.165, 1.54) is 38.5 Å². The number of amides is 1. The van der Waals surface area contributed by atoms with Gasteiger partial charge in [0, 0.05) is 26.2 Å². The fourth-order valence-electron chi connectivity index (χ4n) is 4.07. The van der Waals surface area contributed by atoms with Crippen molar-refractivity contribution in [1.82, 2.24) is 15.5 Å². The Bertz CT molecular complexity index is 713. The van der Waals surface area contributed by atoms with Crippen molar-refractivity contribution in [3.63, 3.8) is 0 Å². The van der Waals surface area contributed by atoms with E-state index in [-0.39, 0.29) is 42.2 Å². The molecule has 2 aliphatic carbocycles. The van der Waals surface area contributed by atoms with Crippen LogP contribution in [-0.2, 0) is 11.3 Å². The second-order valence-corrected chi connectivity index (χ2v) is 7.73. The molecule has 2 saturated carbocycles. The molecule has 1 aromatic carbocycles. The number of ether oxygens (including phenoxy) is 1. The number of carbonyl (C=O) groups is 1. The standard InChI is InChI=1S/C20H29FN4O2.HI/c1-25(2)19(26)12-23-20(24-18-9-13-4-5-15(18)6-13)22-11-14-7-16(21)10-17(8-14)27-3;/h7-8,10,13,15,18H,4-6,9,11-12H2,1-3H3,(H2,22,23,24);1H. The number of nitrogens with zero attached hydrogens (tertiary/aromatic N) is 2. The summed E-state index contributed by atoms with van der Waals surface area (Å²) < 4.78 is 18.8. The summed E-state index contributed by atoms with van der Waals surface area (Å²) in [4.78, 5) is 18.1. The number of methoxy groups -OCH3 is 1. The normalized spacial score (nSPS) is 23.1. The van der Waals surface area contributed by atoms with Gasteiger partial charge in [0.25, 0.3) is 0 Å². The number of halogens is 2. The minimum atomic E-state index is -0.349. The Kier molecular flexibility index (Phi) is 8.33. The zero-order chi connectivity index (χ0) is 19.4. The van der Waals surface area contributed by atoms with Crippen LogP contribution in [-0.4, -0.2) is 50.6 Å². The van der Waals surface area contributed by atoms with Gasteiger partial charge in [-0.25, -0.2) is 9.38 Å². The number of rotatable bonds is 6. The van der Waals surface area contributed by atoms with Gasteiger partial charge in [0.1, 0.15) is 11.6 Å². The Labute approximate surface area is 183 Å². The number of benzene rings is 1. The molecule has 1 aromatic rings. The van der Waals surface area contributed by atoms with Gasteiger partial charge < -0.3 is 20.3 Å². The summed E-state index contributed by atoms with van der Waals surface area (Å²) >= 11 is 0. The van der Waals surface area contributed by atoms with Gasteiger partial charge in [0.15, 0.2) is 5.96 Å². The molecule has 0 heterocycles. The number of carbonyl (C=O) groups excluding carboxylic acids is 1. The molecule has 28 heavy (non-hydrogen) atoms. The summed E-state index contributed by atoms with van der Waals surface area (Å²) in [5, 5.41) is 6.62. The quantitative estimate of drug-likeness (QED) is 0.356. The van der Waals surface area contributed by atoms with Crippen molar-refractivity contribution in [3.05, 3.63) is 29.6 Å². The highest BCUT2D eigenvalue weighted by atomic mass is 127. The van der Waals surface area contributed by atoms with Crippen molar-refractivity contribution >= 4 is 35.8 Å². The summed E-state index contributed by atoms with van der Waals surface area (Å²) in [6.07, 6.45) is 5.02. The highest BCUT2D eigenvalue weighted by molar-refractivity contribution is 14.0. The first-order valence-electron chi connectivity index (χ1n) is 9.53. The van der Waals surface area contributed by atoms with Crippen molar-refractivity contribution in [3.8, 4) is 5.75 Å². The lowest BCUT2D eigenvalue weighted by Crippen LogP contribution is -2.48. The van der Waals surface area contributed by atoms with Gasteiger partial charge in [-0.3, -0.25) is 4.79 Å². The van der Waals surface area contributed by atoms with Crippen LogP contribution in [0.25, 0.3) is 0 Å². The van der Waals surface area contributed by atoms with Crippen LogP contribution in [0.15, 0.2) is 23.2 Å². The average molecular weight is 504 g/mol. The van der Waals surface area contributed by atoms with Crippen molar-refractivity contribution in [2.24, 2.45) is 16.8 Å². The molecule has 3 rings (SSSR count). The predicted molar refractivity (Wildman–Crippen MR) is 119 cm³/mol. The van der Waals surface area contributed by atoms with Crippen LogP contribution in [0.5, 0.6) is 5.75 Å². The summed E-state index contributed by atoms with van der Waals surface area (Å²) in [6.45, 7) is 0.479. The zero-order valence-electron chi connectivity index (χ0n) is 16.7. The SMILES string of the molecule is COc1cc(F)cc(CN=C(NCC(=O)N(C)C)NC2CC3CCC2C3)c1.I. The van der Waals surface area contributed by atoms with Crippen molar-refractivity contribution in [2.45, 2.75) is 38.3 Å². The second kappa shape index (κ2) is 10.3. The van der Waals surface area contributed by atoms with Crippen molar-refractivity contribution in [2.75, 3.05) is 27.7 Å². The van der Waals surface area contributed by atoms with E-state index in [2.05, 4.69) is 15.6 Å². The maximum absolute atomic E-state index is 13.7. The van der Waals surface area contributed by atoms with Gasteiger partial charge in [0.05, 0.1) is 20.2 Å². The minimum Gasteiger partial charge on any atom is -0.497 e. The molecule has 6 nitrogen and oxygen atoms in total. The van der Waals surface area contributed by atoms with Crippen LogP contribution in [0, 0.1) is 17.7 Å². The average Bonchev–Trinajstić information content (AvgIpc) is 3.26. The first kappa shape index (κ1) is 22.7. The first-order chi connectivity index (χ1) is 12.9. The summed E-state index contributed by atoms with van der Waals surface area (Å²) in [5.41, 5.74) is 0.722. The molecule has 3 atom stereocenters. The first-order valence-corrected chi connectivity index (χ1v) is 9.53. The largest absolute Gasteiger partial charge is 0.497 e. The Morgan fingerprint density at radius 3 is 2.68 bits per heavy atom. The Balaban J connectivity index is 0.00000280. The number of aliphatic imine (C=N–C) groups is 1. The lowest BCUT2D eigenvalue weighted by Gasteiger charge is -2.25. The minimum absolute atomic E-state index is 0. The fourth-order valence-corrected chi connectivity index (χ4v) is 4.07. The molecule has 3 unspecified atom stereocenters. The molecular formula is C20H30FIN4O2. The molecule has 1 amide bonds. The number of guanidine groups is 1. The Morgan fingerprint density at radius 1 is 1.29 bits per heavy atom. The third kappa shape index (κ3) is 5.96. The third-order valence-electron chi connectivity index (χ3n) is 5.55. The molecule has 0 spiro atoms. The van der Waals surface area contributed by atoms with Crippen LogP contribution in [0.1, 0.15) is 31.2 Å². The van der Waals surface area contributed by atoms with E-state index in [4.69, 9.17) is 4.74 Å². The molecule has 0 aromatic heterocycles. The number of hydrogen-bond acceptors (Lipinski definition) is 3. The van der Waals surface area contributed by atoms with Crippen LogP contribution in [0.4, 0.5) is 4.39 Å². The smallest absolute Gasteiger partial charge is 0.241 e. The topological polar surface area (TPSA) is 66.0 Å². The van der Waals surface area contributed by atoms with Gasteiger partial charge >= 0.3 is 0 Å². The molecule has 2 N–H and O–H groups in total. The fraction of sp³-hybridized carbons (Fsp3) is 0.600. The van der Waals surface area contributed by atoms with Gasteiger partial charge in [-0.1, -0.05) is 6.42 Å². The lowest BCUT2D eigenvalue weighted by molar-refractivity contribution is -0.127. The maximum atomic E-state index is 13.7. The maximum Gasteiger partial charge on any atom is 0.241 e.